The van der Waals surface area contributed by atoms with E-state index in [9.17, 15) is 4.79 Å². The Hall–Kier alpha value is -1.68. The Labute approximate surface area is 147 Å². The quantitative estimate of drug-likeness (QED) is 0.765. The molecule has 0 radical (unpaired) electrons. The Morgan fingerprint density at radius 2 is 1.92 bits per heavy atom. The van der Waals surface area contributed by atoms with Gasteiger partial charge in [0.2, 0.25) is 0 Å². The van der Waals surface area contributed by atoms with Gasteiger partial charge in [0.25, 0.3) is 5.56 Å². The molecule has 24 heavy (non-hydrogen) atoms. The summed E-state index contributed by atoms with van der Waals surface area (Å²) in [5.74, 6) is 0.578. The SMILES string of the molecule is CC[C@@]1(C2CCCCC2)Cc2ccccc2-c2[nH]c(=S)[nH]c(=O)c21. The molecule has 126 valence electrons. The van der Waals surface area contributed by atoms with Crippen molar-refractivity contribution in [2.24, 2.45) is 5.92 Å². The topological polar surface area (TPSA) is 48.6 Å². The minimum atomic E-state index is -0.0722. The van der Waals surface area contributed by atoms with Crippen LogP contribution in [-0.2, 0) is 11.8 Å². The fourth-order valence-corrected chi connectivity index (χ4v) is 5.30. The van der Waals surface area contributed by atoms with Crippen LogP contribution in [0.4, 0.5) is 0 Å². The second kappa shape index (κ2) is 5.99. The molecule has 1 atom stereocenters. The van der Waals surface area contributed by atoms with Crippen molar-refractivity contribution < 1.29 is 0 Å². The van der Waals surface area contributed by atoms with Crippen LogP contribution in [-0.4, -0.2) is 9.97 Å². The maximum Gasteiger partial charge on any atom is 0.256 e. The third-order valence-corrected chi connectivity index (χ3v) is 6.45. The summed E-state index contributed by atoms with van der Waals surface area (Å²) in [6.45, 7) is 2.24. The lowest BCUT2D eigenvalue weighted by molar-refractivity contribution is 0.188. The minimum absolute atomic E-state index is 0.00989. The maximum absolute atomic E-state index is 13.0. The second-order valence-electron chi connectivity index (χ2n) is 7.34. The van der Waals surface area contributed by atoms with Crippen molar-refractivity contribution in [2.75, 3.05) is 0 Å². The minimum Gasteiger partial charge on any atom is -0.331 e. The highest BCUT2D eigenvalue weighted by Crippen LogP contribution is 2.50. The highest BCUT2D eigenvalue weighted by molar-refractivity contribution is 7.71. The molecule has 2 aliphatic rings. The van der Waals surface area contributed by atoms with E-state index in [2.05, 4.69) is 35.1 Å². The van der Waals surface area contributed by atoms with Gasteiger partial charge in [-0.3, -0.25) is 9.78 Å². The number of hydrogen-bond donors (Lipinski definition) is 2. The summed E-state index contributed by atoms with van der Waals surface area (Å²) in [4.78, 5) is 19.1. The zero-order valence-corrected chi connectivity index (χ0v) is 15.0. The van der Waals surface area contributed by atoms with Crippen molar-refractivity contribution in [1.82, 2.24) is 9.97 Å². The highest BCUT2D eigenvalue weighted by Gasteiger charge is 2.45. The third kappa shape index (κ3) is 2.31. The van der Waals surface area contributed by atoms with Crippen molar-refractivity contribution in [3.05, 3.63) is 50.5 Å². The number of nitrogens with one attached hydrogen (secondary N) is 2. The van der Waals surface area contributed by atoms with E-state index in [0.29, 0.717) is 10.7 Å². The lowest BCUT2D eigenvalue weighted by Gasteiger charge is -2.45. The van der Waals surface area contributed by atoms with Gasteiger partial charge < -0.3 is 4.98 Å². The van der Waals surface area contributed by atoms with E-state index in [0.717, 1.165) is 29.7 Å². The number of aromatic amines is 2. The molecule has 0 aliphatic heterocycles. The lowest BCUT2D eigenvalue weighted by Crippen LogP contribution is -2.45. The predicted octanol–water partition coefficient (Wildman–Crippen LogP) is 4.88. The molecule has 4 rings (SSSR count). The van der Waals surface area contributed by atoms with Crippen LogP contribution in [0.2, 0.25) is 0 Å². The zero-order valence-electron chi connectivity index (χ0n) is 14.2. The van der Waals surface area contributed by atoms with Gasteiger partial charge in [-0.25, -0.2) is 0 Å². The monoisotopic (exact) mass is 340 g/mol. The zero-order chi connectivity index (χ0) is 16.7. The van der Waals surface area contributed by atoms with Crippen molar-refractivity contribution in [3.63, 3.8) is 0 Å². The van der Waals surface area contributed by atoms with Gasteiger partial charge in [0.05, 0.1) is 5.69 Å². The molecule has 1 heterocycles. The van der Waals surface area contributed by atoms with Crippen molar-refractivity contribution >= 4 is 12.2 Å². The second-order valence-corrected chi connectivity index (χ2v) is 7.75. The molecular weight excluding hydrogens is 316 g/mol. The van der Waals surface area contributed by atoms with E-state index in [1.807, 2.05) is 6.07 Å². The Bertz CT molecular complexity index is 876. The number of hydrogen-bond acceptors (Lipinski definition) is 2. The van der Waals surface area contributed by atoms with Gasteiger partial charge in [-0.2, -0.15) is 0 Å². The normalized spacial score (nSPS) is 23.5. The van der Waals surface area contributed by atoms with Gasteiger partial charge >= 0.3 is 0 Å². The van der Waals surface area contributed by atoms with Gasteiger partial charge in [-0.1, -0.05) is 50.5 Å². The Balaban J connectivity index is 2.01. The van der Waals surface area contributed by atoms with Gasteiger partial charge in [-0.05, 0) is 49.4 Å². The molecule has 0 saturated heterocycles. The van der Waals surface area contributed by atoms with Crippen molar-refractivity contribution in [2.45, 2.75) is 57.3 Å². The molecule has 1 aromatic carbocycles. The molecule has 0 spiro atoms. The molecule has 1 saturated carbocycles. The smallest absolute Gasteiger partial charge is 0.256 e. The summed E-state index contributed by atoms with van der Waals surface area (Å²) in [5, 5.41) is 0. The largest absolute Gasteiger partial charge is 0.331 e. The molecule has 2 N–H and O–H groups in total. The highest BCUT2D eigenvalue weighted by atomic mass is 32.1. The first kappa shape index (κ1) is 15.8. The van der Waals surface area contributed by atoms with Crippen LogP contribution in [0.1, 0.15) is 56.6 Å². The first-order valence-corrected chi connectivity index (χ1v) is 9.52. The Morgan fingerprint density at radius 3 is 2.67 bits per heavy atom. The molecule has 4 heteroatoms. The third-order valence-electron chi connectivity index (χ3n) is 6.25. The number of aromatic nitrogens is 2. The summed E-state index contributed by atoms with van der Waals surface area (Å²) in [7, 11) is 0. The standard InChI is InChI=1S/C20H24N2OS/c1-2-20(14-9-4-3-5-10-14)12-13-8-6-7-11-15(13)17-16(20)18(23)22-19(24)21-17/h6-8,11,14H,2-5,9-10,12H2,1H3,(H2,21,22,23,24)/t20-/m0/s1. The fraction of sp³-hybridized carbons (Fsp3) is 0.500. The Morgan fingerprint density at radius 1 is 1.17 bits per heavy atom. The summed E-state index contributed by atoms with van der Waals surface area (Å²) in [6.07, 6.45) is 8.30. The summed E-state index contributed by atoms with van der Waals surface area (Å²) < 4.78 is 0.420. The molecule has 2 aliphatic carbocycles. The number of benzene rings is 1. The van der Waals surface area contributed by atoms with Crippen LogP contribution < -0.4 is 5.56 Å². The fourth-order valence-electron chi connectivity index (χ4n) is 5.10. The molecule has 0 unspecified atom stereocenters. The summed E-state index contributed by atoms with van der Waals surface area (Å²) >= 11 is 5.27. The molecule has 3 nitrogen and oxygen atoms in total. The number of rotatable bonds is 2. The maximum atomic E-state index is 13.0. The average Bonchev–Trinajstić information content (AvgIpc) is 2.61. The van der Waals surface area contributed by atoms with E-state index in [1.165, 1.54) is 37.7 Å². The predicted molar refractivity (Wildman–Crippen MR) is 99.9 cm³/mol. The molecule has 0 bridgehead atoms. The average molecular weight is 340 g/mol. The van der Waals surface area contributed by atoms with Crippen LogP contribution in [0.15, 0.2) is 29.1 Å². The summed E-state index contributed by atoms with van der Waals surface area (Å²) in [5.41, 5.74) is 4.33. The number of H-pyrrole nitrogens is 2. The van der Waals surface area contributed by atoms with Crippen molar-refractivity contribution in [1.29, 1.82) is 0 Å². The first-order valence-electron chi connectivity index (χ1n) is 9.11. The van der Waals surface area contributed by atoms with E-state index < -0.39 is 0 Å². The molecule has 2 aromatic rings. The van der Waals surface area contributed by atoms with Crippen LogP contribution >= 0.6 is 12.2 Å². The first-order chi connectivity index (χ1) is 11.7. The van der Waals surface area contributed by atoms with Gasteiger partial charge in [0.1, 0.15) is 0 Å². The number of fused-ring (bicyclic) bond motifs is 3. The van der Waals surface area contributed by atoms with E-state index in [1.54, 1.807) is 0 Å². The van der Waals surface area contributed by atoms with Crippen LogP contribution in [0.25, 0.3) is 11.3 Å². The van der Waals surface area contributed by atoms with E-state index in [4.69, 9.17) is 12.2 Å². The van der Waals surface area contributed by atoms with Gasteiger partial charge in [0.15, 0.2) is 4.77 Å². The molecule has 1 fully saturated rings. The van der Waals surface area contributed by atoms with Crippen molar-refractivity contribution in [3.8, 4) is 11.3 Å². The van der Waals surface area contributed by atoms with Crippen LogP contribution in [0.3, 0.4) is 0 Å². The van der Waals surface area contributed by atoms with E-state index in [-0.39, 0.29) is 11.0 Å². The lowest BCUT2D eigenvalue weighted by atomic mass is 9.58. The summed E-state index contributed by atoms with van der Waals surface area (Å²) in [6, 6.07) is 8.47. The van der Waals surface area contributed by atoms with Crippen LogP contribution in [0.5, 0.6) is 0 Å². The molecule has 0 amide bonds. The van der Waals surface area contributed by atoms with E-state index >= 15 is 0 Å². The van der Waals surface area contributed by atoms with Crippen LogP contribution in [0, 0.1) is 10.7 Å². The molecule has 1 aromatic heterocycles. The van der Waals surface area contributed by atoms with Gasteiger partial charge in [-0.15, -0.1) is 0 Å². The van der Waals surface area contributed by atoms with Gasteiger partial charge in [0, 0.05) is 16.5 Å². The Kier molecular flexibility index (Phi) is 3.95. The molecular formula is C20H24N2OS.